The Morgan fingerprint density at radius 3 is 2.43 bits per heavy atom. The first-order valence-corrected chi connectivity index (χ1v) is 6.27. The molecule has 0 bridgehead atoms. The van der Waals surface area contributed by atoms with Crippen LogP contribution in [0, 0.1) is 0 Å². The number of unbranched alkanes of at least 4 members (excludes halogenated alkanes) is 1. The summed E-state index contributed by atoms with van der Waals surface area (Å²) in [4.78, 5) is 1.37. The Kier molecular flexibility index (Phi) is 5.72. The molecule has 0 saturated carbocycles. The zero-order valence-electron chi connectivity index (χ0n) is 8.83. The molecule has 0 aliphatic rings. The second-order valence-corrected chi connectivity index (χ2v) is 4.66. The van der Waals surface area contributed by atoms with Crippen molar-refractivity contribution >= 4 is 11.8 Å². The van der Waals surface area contributed by atoms with Crippen molar-refractivity contribution in [1.82, 2.24) is 0 Å². The first kappa shape index (κ1) is 11.6. The van der Waals surface area contributed by atoms with Gasteiger partial charge in [0, 0.05) is 4.90 Å². The van der Waals surface area contributed by atoms with E-state index in [2.05, 4.69) is 31.2 Å². The molecule has 0 heterocycles. The average Bonchev–Trinajstić information content (AvgIpc) is 2.21. The van der Waals surface area contributed by atoms with Gasteiger partial charge in [0.05, 0.1) is 0 Å². The van der Waals surface area contributed by atoms with Crippen LogP contribution in [0.2, 0.25) is 0 Å². The molecule has 0 radical (unpaired) electrons. The topological polar surface area (TPSA) is 26.0 Å². The SMILES string of the molecule is CCSc1ccc(CCCCN)cc1. The second-order valence-electron chi connectivity index (χ2n) is 3.32. The third-order valence-electron chi connectivity index (χ3n) is 2.15. The molecule has 78 valence electrons. The number of hydrogen-bond acceptors (Lipinski definition) is 2. The van der Waals surface area contributed by atoms with Crippen molar-refractivity contribution in [2.45, 2.75) is 31.1 Å². The molecular weight excluding hydrogens is 190 g/mol. The van der Waals surface area contributed by atoms with Crippen LogP contribution in [0.5, 0.6) is 0 Å². The molecule has 0 amide bonds. The highest BCUT2D eigenvalue weighted by Crippen LogP contribution is 2.18. The van der Waals surface area contributed by atoms with E-state index in [1.807, 2.05) is 11.8 Å². The van der Waals surface area contributed by atoms with Gasteiger partial charge in [-0.2, -0.15) is 0 Å². The Hall–Kier alpha value is -0.470. The number of benzene rings is 1. The summed E-state index contributed by atoms with van der Waals surface area (Å²) in [5.74, 6) is 1.15. The van der Waals surface area contributed by atoms with E-state index in [0.717, 1.165) is 25.1 Å². The van der Waals surface area contributed by atoms with Gasteiger partial charge in [-0.1, -0.05) is 19.1 Å². The number of aryl methyl sites for hydroxylation is 1. The van der Waals surface area contributed by atoms with Gasteiger partial charge in [-0.05, 0) is 49.3 Å². The molecule has 1 rings (SSSR count). The average molecular weight is 209 g/mol. The summed E-state index contributed by atoms with van der Waals surface area (Å²) in [6.07, 6.45) is 3.50. The molecule has 0 saturated heterocycles. The third-order valence-corrected chi connectivity index (χ3v) is 3.05. The van der Waals surface area contributed by atoms with Crippen molar-refractivity contribution in [1.29, 1.82) is 0 Å². The molecule has 0 aromatic heterocycles. The summed E-state index contributed by atoms with van der Waals surface area (Å²) in [6.45, 7) is 2.99. The maximum atomic E-state index is 5.45. The van der Waals surface area contributed by atoms with E-state index in [1.165, 1.54) is 16.9 Å². The fourth-order valence-corrected chi connectivity index (χ4v) is 2.05. The molecule has 1 aromatic carbocycles. The Bertz CT molecular complexity index is 243. The van der Waals surface area contributed by atoms with Crippen LogP contribution in [-0.4, -0.2) is 12.3 Å². The minimum Gasteiger partial charge on any atom is -0.330 e. The predicted molar refractivity (Wildman–Crippen MR) is 64.8 cm³/mol. The van der Waals surface area contributed by atoms with Crippen molar-refractivity contribution in [3.63, 3.8) is 0 Å². The normalized spacial score (nSPS) is 10.4. The fraction of sp³-hybridized carbons (Fsp3) is 0.500. The molecule has 0 spiro atoms. The van der Waals surface area contributed by atoms with E-state index in [1.54, 1.807) is 0 Å². The van der Waals surface area contributed by atoms with Crippen LogP contribution in [0.3, 0.4) is 0 Å². The van der Waals surface area contributed by atoms with Gasteiger partial charge in [-0.25, -0.2) is 0 Å². The summed E-state index contributed by atoms with van der Waals surface area (Å²) in [7, 11) is 0. The molecule has 1 nitrogen and oxygen atoms in total. The predicted octanol–water partition coefficient (Wildman–Crippen LogP) is 3.08. The minimum absolute atomic E-state index is 0.809. The van der Waals surface area contributed by atoms with Crippen molar-refractivity contribution < 1.29 is 0 Å². The molecule has 0 unspecified atom stereocenters. The van der Waals surface area contributed by atoms with Crippen LogP contribution in [0.4, 0.5) is 0 Å². The molecule has 0 fully saturated rings. The number of thioether (sulfide) groups is 1. The highest BCUT2D eigenvalue weighted by molar-refractivity contribution is 7.99. The van der Waals surface area contributed by atoms with Gasteiger partial charge in [0.1, 0.15) is 0 Å². The maximum Gasteiger partial charge on any atom is 0.00720 e. The van der Waals surface area contributed by atoms with Crippen LogP contribution in [0.15, 0.2) is 29.2 Å². The highest BCUT2D eigenvalue weighted by Gasteiger charge is 1.94. The molecule has 1 aromatic rings. The van der Waals surface area contributed by atoms with Gasteiger partial charge >= 0.3 is 0 Å². The monoisotopic (exact) mass is 209 g/mol. The van der Waals surface area contributed by atoms with Gasteiger partial charge in [0.25, 0.3) is 0 Å². The zero-order valence-corrected chi connectivity index (χ0v) is 9.65. The number of rotatable bonds is 6. The van der Waals surface area contributed by atoms with Crippen LogP contribution in [0.25, 0.3) is 0 Å². The van der Waals surface area contributed by atoms with E-state index in [9.17, 15) is 0 Å². The lowest BCUT2D eigenvalue weighted by molar-refractivity contribution is 0.744. The quantitative estimate of drug-likeness (QED) is 0.575. The van der Waals surface area contributed by atoms with Crippen LogP contribution in [-0.2, 0) is 6.42 Å². The minimum atomic E-state index is 0.809. The van der Waals surface area contributed by atoms with Crippen molar-refractivity contribution in [3.8, 4) is 0 Å². The number of hydrogen-bond donors (Lipinski definition) is 1. The van der Waals surface area contributed by atoms with Gasteiger partial charge in [-0.15, -0.1) is 11.8 Å². The number of nitrogens with two attached hydrogens (primary N) is 1. The Morgan fingerprint density at radius 1 is 1.14 bits per heavy atom. The van der Waals surface area contributed by atoms with E-state index in [4.69, 9.17) is 5.73 Å². The molecule has 14 heavy (non-hydrogen) atoms. The zero-order chi connectivity index (χ0) is 10.2. The molecule has 2 heteroatoms. The molecule has 0 atom stereocenters. The Morgan fingerprint density at radius 2 is 1.86 bits per heavy atom. The molecule has 0 aliphatic heterocycles. The van der Waals surface area contributed by atoms with Crippen LogP contribution >= 0.6 is 11.8 Å². The lowest BCUT2D eigenvalue weighted by Crippen LogP contribution is -1.98. The lowest BCUT2D eigenvalue weighted by Gasteiger charge is -2.02. The standard InChI is InChI=1S/C12H19NS/c1-2-14-12-8-6-11(7-9-12)5-3-4-10-13/h6-9H,2-5,10,13H2,1H3. The van der Waals surface area contributed by atoms with Gasteiger partial charge in [-0.3, -0.25) is 0 Å². The first-order chi connectivity index (χ1) is 6.86. The summed E-state index contributed by atoms with van der Waals surface area (Å²) in [5.41, 5.74) is 6.88. The van der Waals surface area contributed by atoms with E-state index in [-0.39, 0.29) is 0 Å². The fourth-order valence-electron chi connectivity index (χ4n) is 1.39. The lowest BCUT2D eigenvalue weighted by atomic mass is 10.1. The molecule has 0 aliphatic carbocycles. The van der Waals surface area contributed by atoms with Crippen molar-refractivity contribution in [3.05, 3.63) is 29.8 Å². The molecular formula is C12H19NS. The summed E-state index contributed by atoms with van der Waals surface area (Å²) < 4.78 is 0. The Labute approximate surface area is 91.1 Å². The largest absolute Gasteiger partial charge is 0.330 e. The first-order valence-electron chi connectivity index (χ1n) is 5.28. The van der Waals surface area contributed by atoms with E-state index < -0.39 is 0 Å². The summed E-state index contributed by atoms with van der Waals surface area (Å²) in [6, 6.07) is 8.89. The summed E-state index contributed by atoms with van der Waals surface area (Å²) in [5, 5.41) is 0. The highest BCUT2D eigenvalue weighted by atomic mass is 32.2. The second kappa shape index (κ2) is 6.91. The summed E-state index contributed by atoms with van der Waals surface area (Å²) >= 11 is 1.89. The van der Waals surface area contributed by atoms with Crippen molar-refractivity contribution in [2.24, 2.45) is 5.73 Å². The van der Waals surface area contributed by atoms with Gasteiger partial charge < -0.3 is 5.73 Å². The van der Waals surface area contributed by atoms with Crippen LogP contribution < -0.4 is 5.73 Å². The third kappa shape index (κ3) is 4.16. The van der Waals surface area contributed by atoms with E-state index in [0.29, 0.717) is 0 Å². The van der Waals surface area contributed by atoms with Gasteiger partial charge in [0.15, 0.2) is 0 Å². The van der Waals surface area contributed by atoms with Crippen LogP contribution in [0.1, 0.15) is 25.3 Å². The van der Waals surface area contributed by atoms with Gasteiger partial charge in [0.2, 0.25) is 0 Å². The Balaban J connectivity index is 2.38. The maximum absolute atomic E-state index is 5.45. The van der Waals surface area contributed by atoms with Crippen molar-refractivity contribution in [2.75, 3.05) is 12.3 Å². The molecule has 2 N–H and O–H groups in total. The van der Waals surface area contributed by atoms with E-state index >= 15 is 0 Å². The smallest absolute Gasteiger partial charge is 0.00720 e.